The Labute approximate surface area is 120 Å². The van der Waals surface area contributed by atoms with E-state index < -0.39 is 0 Å². The summed E-state index contributed by atoms with van der Waals surface area (Å²) in [5.74, 6) is -0.263. The van der Waals surface area contributed by atoms with E-state index in [1.807, 2.05) is 5.38 Å². The fourth-order valence-corrected chi connectivity index (χ4v) is 3.29. The Morgan fingerprint density at radius 2 is 2.26 bits per heavy atom. The van der Waals surface area contributed by atoms with Gasteiger partial charge in [-0.15, -0.1) is 22.7 Å². The van der Waals surface area contributed by atoms with Crippen molar-refractivity contribution in [3.8, 4) is 0 Å². The van der Waals surface area contributed by atoms with Crippen molar-refractivity contribution in [2.45, 2.75) is 26.8 Å². The van der Waals surface area contributed by atoms with Gasteiger partial charge in [0.2, 0.25) is 0 Å². The van der Waals surface area contributed by atoms with Gasteiger partial charge in [-0.05, 0) is 25.5 Å². The summed E-state index contributed by atoms with van der Waals surface area (Å²) in [6, 6.07) is 2.19. The van der Waals surface area contributed by atoms with Crippen LogP contribution in [0, 0.1) is 13.8 Å². The van der Waals surface area contributed by atoms with Crippen LogP contribution in [0.3, 0.4) is 0 Å². The lowest BCUT2D eigenvalue weighted by atomic mass is 10.3. The highest BCUT2D eigenvalue weighted by atomic mass is 32.1. The van der Waals surface area contributed by atoms with E-state index >= 15 is 0 Å². The zero-order chi connectivity index (χ0) is 13.8. The summed E-state index contributed by atoms with van der Waals surface area (Å²) in [5, 5.41) is 5.99. The number of rotatable bonds is 5. The fraction of sp³-hybridized carbons (Fsp3) is 0.385. The van der Waals surface area contributed by atoms with Gasteiger partial charge >= 0.3 is 5.97 Å². The first-order valence-corrected chi connectivity index (χ1v) is 7.59. The fourth-order valence-electron chi connectivity index (χ4n) is 1.59. The predicted molar refractivity (Wildman–Crippen MR) is 79.0 cm³/mol. The molecule has 0 spiro atoms. The van der Waals surface area contributed by atoms with Gasteiger partial charge in [-0.1, -0.05) is 0 Å². The van der Waals surface area contributed by atoms with Crippen LogP contribution in [0.15, 0.2) is 11.4 Å². The van der Waals surface area contributed by atoms with Gasteiger partial charge in [-0.3, -0.25) is 4.79 Å². The van der Waals surface area contributed by atoms with Gasteiger partial charge in [0, 0.05) is 15.1 Å². The Morgan fingerprint density at radius 3 is 2.89 bits per heavy atom. The van der Waals surface area contributed by atoms with E-state index in [-0.39, 0.29) is 12.4 Å². The Morgan fingerprint density at radius 1 is 1.47 bits per heavy atom. The molecule has 2 aromatic heterocycles. The van der Waals surface area contributed by atoms with Crippen LogP contribution in [-0.4, -0.2) is 18.1 Å². The summed E-state index contributed by atoms with van der Waals surface area (Å²) in [6.45, 7) is 5.01. The number of nitrogens with one attached hydrogen (secondary N) is 1. The van der Waals surface area contributed by atoms with Gasteiger partial charge in [0.15, 0.2) is 5.13 Å². The summed E-state index contributed by atoms with van der Waals surface area (Å²) in [5.41, 5.74) is 2.07. The molecule has 0 saturated carbocycles. The molecule has 0 unspecified atom stereocenters. The van der Waals surface area contributed by atoms with Crippen molar-refractivity contribution < 1.29 is 9.53 Å². The Balaban J connectivity index is 1.91. The minimum atomic E-state index is -0.263. The summed E-state index contributed by atoms with van der Waals surface area (Å²) >= 11 is 3.30. The van der Waals surface area contributed by atoms with Crippen LogP contribution >= 0.6 is 22.7 Å². The summed E-state index contributed by atoms with van der Waals surface area (Å²) in [7, 11) is 1.38. The minimum absolute atomic E-state index is 0.228. The number of methoxy groups -OCH3 is 1. The minimum Gasteiger partial charge on any atom is -0.469 e. The molecule has 2 heterocycles. The average molecular weight is 296 g/mol. The number of hydrogen-bond acceptors (Lipinski definition) is 6. The van der Waals surface area contributed by atoms with Gasteiger partial charge in [0.05, 0.1) is 25.8 Å². The van der Waals surface area contributed by atoms with Crippen molar-refractivity contribution in [3.63, 3.8) is 0 Å². The molecule has 0 aliphatic rings. The highest BCUT2D eigenvalue weighted by Gasteiger charge is 2.08. The van der Waals surface area contributed by atoms with Gasteiger partial charge < -0.3 is 10.1 Å². The van der Waals surface area contributed by atoms with Crippen molar-refractivity contribution in [1.82, 2.24) is 4.98 Å². The number of carbonyl (C=O) groups is 1. The average Bonchev–Trinajstić information content (AvgIpc) is 2.95. The lowest BCUT2D eigenvalue weighted by molar-refractivity contribution is -0.139. The zero-order valence-electron chi connectivity index (χ0n) is 11.1. The van der Waals surface area contributed by atoms with E-state index in [0.717, 1.165) is 17.4 Å². The molecule has 102 valence electrons. The predicted octanol–water partition coefficient (Wildman–Crippen LogP) is 3.15. The SMILES string of the molecule is COC(=O)Cc1csc(NCc2cc(C)c(C)s2)n1. The number of nitrogens with zero attached hydrogens (tertiary/aromatic N) is 1. The van der Waals surface area contributed by atoms with Crippen molar-refractivity contribution in [1.29, 1.82) is 0 Å². The maximum Gasteiger partial charge on any atom is 0.311 e. The molecule has 0 aliphatic heterocycles. The molecule has 0 amide bonds. The largest absolute Gasteiger partial charge is 0.469 e. The van der Waals surface area contributed by atoms with Gasteiger partial charge in [-0.25, -0.2) is 4.98 Å². The third-order valence-electron chi connectivity index (χ3n) is 2.74. The molecule has 0 fully saturated rings. The van der Waals surface area contributed by atoms with E-state index in [4.69, 9.17) is 0 Å². The van der Waals surface area contributed by atoms with Gasteiger partial charge in [0.1, 0.15) is 0 Å². The maximum absolute atomic E-state index is 11.1. The Bertz CT molecular complexity index is 555. The van der Waals surface area contributed by atoms with Crippen molar-refractivity contribution in [3.05, 3.63) is 32.5 Å². The van der Waals surface area contributed by atoms with Crippen molar-refractivity contribution in [2.75, 3.05) is 12.4 Å². The number of esters is 1. The van der Waals surface area contributed by atoms with Crippen LogP contribution in [-0.2, 0) is 22.5 Å². The molecule has 0 saturated heterocycles. The quantitative estimate of drug-likeness (QED) is 0.861. The van der Waals surface area contributed by atoms with Crippen molar-refractivity contribution >= 4 is 33.8 Å². The second kappa shape index (κ2) is 6.16. The topological polar surface area (TPSA) is 51.2 Å². The van der Waals surface area contributed by atoms with Crippen LogP contribution in [0.2, 0.25) is 0 Å². The molecule has 1 N–H and O–H groups in total. The normalized spacial score (nSPS) is 10.5. The van der Waals surface area contributed by atoms with E-state index in [2.05, 4.69) is 35.0 Å². The smallest absolute Gasteiger partial charge is 0.311 e. The van der Waals surface area contributed by atoms with E-state index in [1.165, 1.54) is 33.8 Å². The first-order valence-electron chi connectivity index (χ1n) is 5.89. The molecule has 2 rings (SSSR count). The standard InChI is InChI=1S/C13H16N2O2S2/c1-8-4-11(19-9(8)2)6-14-13-15-10(7-18-13)5-12(16)17-3/h4,7H,5-6H2,1-3H3,(H,14,15). The molecule has 0 aromatic carbocycles. The molecule has 0 aliphatic carbocycles. The zero-order valence-corrected chi connectivity index (χ0v) is 12.8. The van der Waals surface area contributed by atoms with Crippen LogP contribution in [0.5, 0.6) is 0 Å². The molecule has 6 heteroatoms. The molecular weight excluding hydrogens is 280 g/mol. The lowest BCUT2D eigenvalue weighted by Crippen LogP contribution is -2.05. The second-order valence-electron chi connectivity index (χ2n) is 4.20. The Kier molecular flexibility index (Phi) is 4.55. The maximum atomic E-state index is 11.1. The summed E-state index contributed by atoms with van der Waals surface area (Å²) in [4.78, 5) is 18.1. The van der Waals surface area contributed by atoms with E-state index in [9.17, 15) is 4.79 Å². The Hall–Kier alpha value is -1.40. The number of thiophene rings is 1. The third kappa shape index (κ3) is 3.78. The molecule has 4 nitrogen and oxygen atoms in total. The molecule has 0 atom stereocenters. The number of aromatic nitrogens is 1. The number of aryl methyl sites for hydroxylation is 2. The summed E-state index contributed by atoms with van der Waals surface area (Å²) < 4.78 is 4.62. The third-order valence-corrected chi connectivity index (χ3v) is 4.74. The highest BCUT2D eigenvalue weighted by Crippen LogP contribution is 2.23. The molecule has 19 heavy (non-hydrogen) atoms. The highest BCUT2D eigenvalue weighted by molar-refractivity contribution is 7.14. The van der Waals surface area contributed by atoms with E-state index in [0.29, 0.717) is 0 Å². The number of ether oxygens (including phenoxy) is 1. The molecule has 0 radical (unpaired) electrons. The van der Waals surface area contributed by atoms with Crippen LogP contribution < -0.4 is 5.32 Å². The van der Waals surface area contributed by atoms with E-state index in [1.54, 1.807) is 11.3 Å². The molecular formula is C13H16N2O2S2. The van der Waals surface area contributed by atoms with Crippen LogP contribution in [0.25, 0.3) is 0 Å². The molecule has 2 aromatic rings. The number of hydrogen-bond donors (Lipinski definition) is 1. The number of anilines is 1. The van der Waals surface area contributed by atoms with Gasteiger partial charge in [-0.2, -0.15) is 0 Å². The van der Waals surface area contributed by atoms with Gasteiger partial charge in [0.25, 0.3) is 0 Å². The monoisotopic (exact) mass is 296 g/mol. The number of carbonyl (C=O) groups excluding carboxylic acids is 1. The first kappa shape index (κ1) is 14.0. The van der Waals surface area contributed by atoms with Crippen molar-refractivity contribution in [2.24, 2.45) is 0 Å². The lowest BCUT2D eigenvalue weighted by Gasteiger charge is -1.99. The second-order valence-corrected chi connectivity index (χ2v) is 6.40. The molecule has 0 bridgehead atoms. The summed E-state index contributed by atoms with van der Waals surface area (Å²) in [6.07, 6.45) is 0.228. The van der Waals surface area contributed by atoms with Crippen LogP contribution in [0.4, 0.5) is 5.13 Å². The first-order chi connectivity index (χ1) is 9.08. The van der Waals surface area contributed by atoms with Crippen LogP contribution in [0.1, 0.15) is 21.0 Å². The number of thiazole rings is 1.